The molecule has 0 aliphatic rings. The molecule has 3 nitrogen and oxygen atoms in total. The van der Waals surface area contributed by atoms with Crippen molar-refractivity contribution in [3.8, 4) is 22.5 Å². The lowest BCUT2D eigenvalue weighted by Crippen LogP contribution is -1.89. The molecule has 3 rings (SSSR count). The predicted molar refractivity (Wildman–Crippen MR) is 79.4 cm³/mol. The molecule has 0 saturated carbocycles. The Hall–Kier alpha value is -2.14. The number of rotatable bonds is 2. The predicted octanol–water partition coefficient (Wildman–Crippen LogP) is 4.49. The largest absolute Gasteiger partial charge is 0.380 e. The number of nitrogen functional groups attached to an aromatic ring is 1. The summed E-state index contributed by atoms with van der Waals surface area (Å²) in [7, 11) is 0. The second-order valence-electron chi connectivity index (χ2n) is 4.29. The molecule has 0 amide bonds. The van der Waals surface area contributed by atoms with Gasteiger partial charge in [0.05, 0.1) is 5.56 Å². The van der Waals surface area contributed by atoms with Gasteiger partial charge in [-0.2, -0.15) is 0 Å². The average Bonchev–Trinajstić information content (AvgIpc) is 2.82. The summed E-state index contributed by atoms with van der Waals surface area (Å²) in [4.78, 5) is 0. The van der Waals surface area contributed by atoms with Crippen LogP contribution in [0.15, 0.2) is 57.5 Å². The Morgan fingerprint density at radius 1 is 1.05 bits per heavy atom. The third kappa shape index (κ3) is 2.32. The third-order valence-corrected chi connectivity index (χ3v) is 3.47. The Labute approximate surface area is 123 Å². The van der Waals surface area contributed by atoms with E-state index in [1.807, 2.05) is 24.3 Å². The van der Waals surface area contributed by atoms with E-state index in [4.69, 9.17) is 10.3 Å². The molecule has 0 atom stereocenters. The lowest BCUT2D eigenvalue weighted by Gasteiger charge is -2.03. The maximum atomic E-state index is 13.3. The minimum Gasteiger partial charge on any atom is -0.380 e. The summed E-state index contributed by atoms with van der Waals surface area (Å²) in [5.74, 6) is 0.412. The zero-order valence-corrected chi connectivity index (χ0v) is 11.9. The van der Waals surface area contributed by atoms with Gasteiger partial charge in [-0.15, -0.1) is 0 Å². The van der Waals surface area contributed by atoms with E-state index in [-0.39, 0.29) is 11.6 Å². The standard InChI is InChI=1S/C15H10BrFN2O/c16-11-6-4-9(5-7-11)13-14(20-19-15(13)18)10-2-1-3-12(17)8-10/h1-8H,(H2,18,19). The number of aromatic nitrogens is 1. The van der Waals surface area contributed by atoms with Crippen molar-refractivity contribution in [2.24, 2.45) is 0 Å². The SMILES string of the molecule is Nc1noc(-c2cccc(F)c2)c1-c1ccc(Br)cc1. The first-order chi connectivity index (χ1) is 9.65. The van der Waals surface area contributed by atoms with Crippen LogP contribution >= 0.6 is 15.9 Å². The highest BCUT2D eigenvalue weighted by atomic mass is 79.9. The molecule has 0 bridgehead atoms. The molecule has 0 fully saturated rings. The Balaban J connectivity index is 2.17. The summed E-state index contributed by atoms with van der Waals surface area (Å²) < 4.78 is 19.6. The zero-order chi connectivity index (χ0) is 14.1. The van der Waals surface area contributed by atoms with Gasteiger partial charge in [0, 0.05) is 10.0 Å². The molecule has 3 aromatic rings. The van der Waals surface area contributed by atoms with Crippen molar-refractivity contribution >= 4 is 21.7 Å². The maximum absolute atomic E-state index is 13.3. The smallest absolute Gasteiger partial charge is 0.177 e. The monoisotopic (exact) mass is 332 g/mol. The van der Waals surface area contributed by atoms with E-state index >= 15 is 0 Å². The van der Waals surface area contributed by atoms with Gasteiger partial charge in [0.2, 0.25) is 0 Å². The zero-order valence-electron chi connectivity index (χ0n) is 10.3. The van der Waals surface area contributed by atoms with Crippen LogP contribution in [0.2, 0.25) is 0 Å². The fraction of sp³-hybridized carbons (Fsp3) is 0. The minimum atomic E-state index is -0.334. The van der Waals surface area contributed by atoms with Gasteiger partial charge in [-0.3, -0.25) is 0 Å². The molecule has 0 radical (unpaired) electrons. The third-order valence-electron chi connectivity index (χ3n) is 2.94. The molecule has 5 heteroatoms. The van der Waals surface area contributed by atoms with E-state index < -0.39 is 0 Å². The molecule has 0 spiro atoms. The molecule has 20 heavy (non-hydrogen) atoms. The van der Waals surface area contributed by atoms with Crippen molar-refractivity contribution in [2.45, 2.75) is 0 Å². The van der Waals surface area contributed by atoms with Crippen LogP contribution in [0.5, 0.6) is 0 Å². The first-order valence-electron chi connectivity index (χ1n) is 5.92. The maximum Gasteiger partial charge on any atom is 0.177 e. The molecule has 2 N–H and O–H groups in total. The number of hydrogen-bond acceptors (Lipinski definition) is 3. The summed E-state index contributed by atoms with van der Waals surface area (Å²) >= 11 is 3.38. The van der Waals surface area contributed by atoms with Gasteiger partial charge in [0.15, 0.2) is 11.6 Å². The van der Waals surface area contributed by atoms with Gasteiger partial charge in [-0.1, -0.05) is 45.4 Å². The fourth-order valence-corrected chi connectivity index (χ4v) is 2.29. The first-order valence-corrected chi connectivity index (χ1v) is 6.71. The van der Waals surface area contributed by atoms with Crippen molar-refractivity contribution in [3.05, 3.63) is 58.8 Å². The van der Waals surface area contributed by atoms with Crippen LogP contribution in [-0.4, -0.2) is 5.16 Å². The summed E-state index contributed by atoms with van der Waals surface area (Å²) in [6, 6.07) is 13.7. The summed E-state index contributed by atoms with van der Waals surface area (Å²) in [6.07, 6.45) is 0. The topological polar surface area (TPSA) is 52.0 Å². The number of halogens is 2. The molecular formula is C15H10BrFN2O. The van der Waals surface area contributed by atoms with Crippen LogP contribution in [0.3, 0.4) is 0 Å². The Kier molecular flexibility index (Phi) is 3.28. The number of nitrogens with two attached hydrogens (primary N) is 1. The second kappa shape index (κ2) is 5.09. The quantitative estimate of drug-likeness (QED) is 0.752. The lowest BCUT2D eigenvalue weighted by molar-refractivity contribution is 0.436. The van der Waals surface area contributed by atoms with Crippen molar-refractivity contribution in [3.63, 3.8) is 0 Å². The highest BCUT2D eigenvalue weighted by molar-refractivity contribution is 9.10. The normalized spacial score (nSPS) is 10.7. The van der Waals surface area contributed by atoms with Gasteiger partial charge in [-0.25, -0.2) is 4.39 Å². The fourth-order valence-electron chi connectivity index (χ4n) is 2.02. The van der Waals surface area contributed by atoms with E-state index in [1.54, 1.807) is 12.1 Å². The van der Waals surface area contributed by atoms with Gasteiger partial charge in [0.25, 0.3) is 0 Å². The second-order valence-corrected chi connectivity index (χ2v) is 5.20. The first kappa shape index (κ1) is 12.9. The van der Waals surface area contributed by atoms with Crippen LogP contribution in [0.1, 0.15) is 0 Å². The molecular weight excluding hydrogens is 323 g/mol. The van der Waals surface area contributed by atoms with Gasteiger partial charge < -0.3 is 10.3 Å². The van der Waals surface area contributed by atoms with E-state index in [9.17, 15) is 4.39 Å². The van der Waals surface area contributed by atoms with E-state index in [0.717, 1.165) is 10.0 Å². The van der Waals surface area contributed by atoms with Crippen LogP contribution < -0.4 is 5.73 Å². The molecule has 0 aliphatic carbocycles. The molecule has 1 heterocycles. The van der Waals surface area contributed by atoms with Gasteiger partial charge >= 0.3 is 0 Å². The number of anilines is 1. The minimum absolute atomic E-state index is 0.284. The molecule has 0 unspecified atom stereocenters. The summed E-state index contributed by atoms with van der Waals surface area (Å²) in [5.41, 5.74) is 8.02. The summed E-state index contributed by atoms with van der Waals surface area (Å²) in [6.45, 7) is 0. The van der Waals surface area contributed by atoms with Crippen LogP contribution in [0.4, 0.5) is 10.2 Å². The van der Waals surface area contributed by atoms with Crippen molar-refractivity contribution in [1.82, 2.24) is 5.16 Å². The molecule has 0 aliphatic heterocycles. The van der Waals surface area contributed by atoms with Crippen LogP contribution in [0.25, 0.3) is 22.5 Å². The van der Waals surface area contributed by atoms with E-state index in [1.165, 1.54) is 12.1 Å². The van der Waals surface area contributed by atoms with Gasteiger partial charge in [-0.05, 0) is 29.8 Å². The van der Waals surface area contributed by atoms with Crippen molar-refractivity contribution in [2.75, 3.05) is 5.73 Å². The van der Waals surface area contributed by atoms with Crippen molar-refractivity contribution < 1.29 is 8.91 Å². The average molecular weight is 333 g/mol. The highest BCUT2D eigenvalue weighted by Gasteiger charge is 2.17. The van der Waals surface area contributed by atoms with Gasteiger partial charge in [0.1, 0.15) is 5.82 Å². The number of benzene rings is 2. The molecule has 0 saturated heterocycles. The van der Waals surface area contributed by atoms with E-state index in [2.05, 4.69) is 21.1 Å². The number of nitrogens with zero attached hydrogens (tertiary/aromatic N) is 1. The highest BCUT2D eigenvalue weighted by Crippen LogP contribution is 2.37. The van der Waals surface area contributed by atoms with E-state index in [0.29, 0.717) is 16.9 Å². The Bertz CT molecular complexity index is 753. The summed E-state index contributed by atoms with van der Waals surface area (Å²) in [5, 5.41) is 3.79. The molecule has 1 aromatic heterocycles. The lowest BCUT2D eigenvalue weighted by atomic mass is 10.0. The number of hydrogen-bond donors (Lipinski definition) is 1. The Morgan fingerprint density at radius 2 is 1.80 bits per heavy atom. The Morgan fingerprint density at radius 3 is 2.50 bits per heavy atom. The molecule has 100 valence electrons. The molecule has 2 aromatic carbocycles. The van der Waals surface area contributed by atoms with Crippen molar-refractivity contribution in [1.29, 1.82) is 0 Å². The van der Waals surface area contributed by atoms with Crippen LogP contribution in [-0.2, 0) is 0 Å². The van der Waals surface area contributed by atoms with Crippen LogP contribution in [0, 0.1) is 5.82 Å².